The second-order valence-electron chi connectivity index (χ2n) is 18.7. The van der Waals surface area contributed by atoms with Crippen molar-refractivity contribution >= 4 is 17.9 Å². The average Bonchev–Trinajstić information content (AvgIpc) is 3.26. The number of aliphatic carboxylic acids is 1. The lowest BCUT2D eigenvalue weighted by atomic mass is 10.0. The van der Waals surface area contributed by atoms with E-state index in [1.807, 2.05) is 0 Å². The lowest BCUT2D eigenvalue weighted by Crippen LogP contribution is -2.55. The molecule has 0 fully saturated rings. The minimum absolute atomic E-state index is 0.0370. The van der Waals surface area contributed by atoms with E-state index in [0.717, 1.165) is 64.2 Å². The molecule has 0 aliphatic rings. The molecule has 0 N–H and O–H groups in total. The van der Waals surface area contributed by atoms with Crippen molar-refractivity contribution in [1.29, 1.82) is 0 Å². The molecule has 8 nitrogen and oxygen atoms in total. The van der Waals surface area contributed by atoms with Gasteiger partial charge in [-0.05, 0) is 77.0 Å². The van der Waals surface area contributed by atoms with E-state index in [1.54, 1.807) is 21.1 Å². The zero-order valence-corrected chi connectivity index (χ0v) is 42.2. The van der Waals surface area contributed by atoms with Crippen molar-refractivity contribution in [3.05, 3.63) is 60.8 Å². The molecule has 8 heteroatoms. The Labute approximate surface area is 394 Å². The zero-order valence-electron chi connectivity index (χ0n) is 42.2. The molecular formula is C56H99NO7. The maximum Gasteiger partial charge on any atom is 0.306 e. The number of hydrogen-bond donors (Lipinski definition) is 0. The molecule has 0 amide bonds. The van der Waals surface area contributed by atoms with E-state index in [4.69, 9.17) is 14.2 Å². The summed E-state index contributed by atoms with van der Waals surface area (Å²) in [6, 6.07) is -0.729. The lowest BCUT2D eigenvalue weighted by molar-refractivity contribution is -0.889. The maximum absolute atomic E-state index is 12.8. The van der Waals surface area contributed by atoms with Crippen LogP contribution in [0.5, 0.6) is 0 Å². The van der Waals surface area contributed by atoms with E-state index in [1.165, 1.54) is 128 Å². The summed E-state index contributed by atoms with van der Waals surface area (Å²) in [4.78, 5) is 37.1. The van der Waals surface area contributed by atoms with Crippen LogP contribution in [0.2, 0.25) is 0 Å². The third kappa shape index (κ3) is 44.2. The molecule has 0 saturated heterocycles. The van der Waals surface area contributed by atoms with Crippen LogP contribution in [-0.2, 0) is 28.6 Å². The number of hydrogen-bond acceptors (Lipinski definition) is 7. The number of quaternary nitrogens is 1. The third-order valence-corrected chi connectivity index (χ3v) is 11.6. The summed E-state index contributed by atoms with van der Waals surface area (Å²) in [5.74, 6) is -1.74. The Hall–Kier alpha value is -2.97. The number of esters is 2. The van der Waals surface area contributed by atoms with Crippen LogP contribution in [0, 0.1) is 0 Å². The molecule has 0 rings (SSSR count). The number of carboxylic acids is 1. The van der Waals surface area contributed by atoms with Gasteiger partial charge in [0, 0.05) is 19.3 Å². The van der Waals surface area contributed by atoms with Crippen LogP contribution in [0.3, 0.4) is 0 Å². The fourth-order valence-electron chi connectivity index (χ4n) is 7.59. The summed E-state index contributed by atoms with van der Waals surface area (Å²) >= 11 is 0. The van der Waals surface area contributed by atoms with Gasteiger partial charge in [-0.1, -0.05) is 190 Å². The predicted molar refractivity (Wildman–Crippen MR) is 268 cm³/mol. The topological polar surface area (TPSA) is 102 Å². The van der Waals surface area contributed by atoms with E-state index in [-0.39, 0.29) is 42.7 Å². The van der Waals surface area contributed by atoms with Crippen LogP contribution < -0.4 is 5.11 Å². The zero-order chi connectivity index (χ0) is 47.0. The van der Waals surface area contributed by atoms with Gasteiger partial charge in [0.15, 0.2) is 6.10 Å². The quantitative estimate of drug-likeness (QED) is 0.0259. The number of likely N-dealkylation sites (N-methyl/N-ethyl adjacent to an activating group) is 1. The van der Waals surface area contributed by atoms with Crippen molar-refractivity contribution in [2.75, 3.05) is 41.0 Å². The lowest BCUT2D eigenvalue weighted by Gasteiger charge is -2.34. The van der Waals surface area contributed by atoms with Gasteiger partial charge in [0.05, 0.1) is 40.3 Å². The summed E-state index contributed by atoms with van der Waals surface area (Å²) < 4.78 is 17.3. The van der Waals surface area contributed by atoms with Gasteiger partial charge < -0.3 is 28.6 Å². The number of carboxylic acid groups (broad SMARTS) is 1. The molecule has 0 heterocycles. The first-order chi connectivity index (χ1) is 31.1. The molecule has 64 heavy (non-hydrogen) atoms. The van der Waals surface area contributed by atoms with Gasteiger partial charge in [0.2, 0.25) is 0 Å². The smallest absolute Gasteiger partial charge is 0.306 e. The summed E-state index contributed by atoms with van der Waals surface area (Å²) in [7, 11) is 5.41. The predicted octanol–water partition coefficient (Wildman–Crippen LogP) is 14.0. The molecule has 0 aromatic heterocycles. The van der Waals surface area contributed by atoms with Crippen LogP contribution in [0.4, 0.5) is 0 Å². The minimum atomic E-state index is -1.13. The van der Waals surface area contributed by atoms with Gasteiger partial charge in [-0.25, -0.2) is 0 Å². The maximum atomic E-state index is 12.8. The van der Waals surface area contributed by atoms with Crippen LogP contribution in [0.25, 0.3) is 0 Å². The first-order valence-electron chi connectivity index (χ1n) is 26.3. The molecule has 0 radical (unpaired) electrons. The molecule has 0 aliphatic carbocycles. The number of carbonyl (C=O) groups excluding carboxylic acids is 3. The molecule has 370 valence electrons. The van der Waals surface area contributed by atoms with Gasteiger partial charge in [-0.3, -0.25) is 9.59 Å². The fraction of sp³-hybridized carbons (Fsp3) is 0.768. The second kappa shape index (κ2) is 46.6. The van der Waals surface area contributed by atoms with Gasteiger partial charge in [0.25, 0.3) is 0 Å². The number of carbonyl (C=O) groups is 3. The molecule has 0 aromatic rings. The van der Waals surface area contributed by atoms with Crippen molar-refractivity contribution in [3.8, 4) is 0 Å². The highest BCUT2D eigenvalue weighted by molar-refractivity contribution is 5.70. The minimum Gasteiger partial charge on any atom is -0.544 e. The summed E-state index contributed by atoms with van der Waals surface area (Å²) in [6.45, 7) is 4.56. The Balaban J connectivity index is 4.23. The highest BCUT2D eigenvalue weighted by Crippen LogP contribution is 2.15. The number of ether oxygens (including phenoxy) is 3. The molecule has 2 unspecified atom stereocenters. The average molecular weight is 898 g/mol. The Morgan fingerprint density at radius 1 is 0.484 bits per heavy atom. The molecule has 2 atom stereocenters. The van der Waals surface area contributed by atoms with E-state index in [0.29, 0.717) is 12.8 Å². The second-order valence-corrected chi connectivity index (χ2v) is 18.7. The molecule has 0 aliphatic heterocycles. The van der Waals surface area contributed by atoms with Crippen molar-refractivity contribution in [2.24, 2.45) is 0 Å². The SMILES string of the molecule is CC/C=C\C/C=C\C/C=C\C/C=C\CCCCCCCCCCCCC(=O)OC(COCCC(C(=O)[O-])[N+](C)(C)C)COC(=O)CCCCCCCCC/C=C\CCCCCCCC. The third-order valence-electron chi connectivity index (χ3n) is 11.6. The van der Waals surface area contributed by atoms with Crippen LogP contribution in [0.1, 0.15) is 226 Å². The van der Waals surface area contributed by atoms with E-state index < -0.39 is 18.1 Å². The first kappa shape index (κ1) is 61.0. The standard InChI is InChI=1S/C56H99NO7/c1-6-8-10-12-14-16-18-20-22-24-25-26-27-28-29-31-33-35-37-39-41-43-45-47-55(59)64-52(50-62-49-48-53(56(60)61)57(3,4)5)51-63-54(58)46-44-42-40-38-36-34-32-30-23-21-19-17-15-13-11-9-7-2/h8,10,14,16,20-23,25-26,52-53H,6-7,9,11-13,15,17-19,24,27-51H2,1-5H3/b10-8-,16-14-,22-20-,23-21-,26-25-. The number of rotatable bonds is 47. The molecule has 0 saturated carbocycles. The van der Waals surface area contributed by atoms with Crippen molar-refractivity contribution in [2.45, 2.75) is 238 Å². The van der Waals surface area contributed by atoms with Gasteiger partial charge in [0.1, 0.15) is 12.6 Å². The summed E-state index contributed by atoms with van der Waals surface area (Å²) in [5.41, 5.74) is 0. The molecule has 0 spiro atoms. The first-order valence-corrected chi connectivity index (χ1v) is 26.3. The Morgan fingerprint density at radius 2 is 0.875 bits per heavy atom. The Kier molecular flexibility index (Phi) is 44.4. The van der Waals surface area contributed by atoms with Crippen LogP contribution in [-0.4, -0.2) is 75.5 Å². The number of allylic oxidation sites excluding steroid dienone is 10. The van der Waals surface area contributed by atoms with Gasteiger partial charge in [-0.2, -0.15) is 0 Å². The number of nitrogens with zero attached hydrogens (tertiary/aromatic N) is 1. The van der Waals surface area contributed by atoms with Crippen LogP contribution in [0.15, 0.2) is 60.8 Å². The van der Waals surface area contributed by atoms with Crippen molar-refractivity contribution < 1.29 is 38.2 Å². The Morgan fingerprint density at radius 3 is 1.31 bits per heavy atom. The normalized spacial score (nSPS) is 13.3. The van der Waals surface area contributed by atoms with Crippen molar-refractivity contribution in [3.63, 3.8) is 0 Å². The fourth-order valence-corrected chi connectivity index (χ4v) is 7.59. The molecular weight excluding hydrogens is 799 g/mol. The van der Waals surface area contributed by atoms with Crippen molar-refractivity contribution in [1.82, 2.24) is 0 Å². The van der Waals surface area contributed by atoms with E-state index in [2.05, 4.69) is 74.6 Å². The summed E-state index contributed by atoms with van der Waals surface area (Å²) in [5, 5.41) is 11.7. The highest BCUT2D eigenvalue weighted by Gasteiger charge is 2.25. The van der Waals surface area contributed by atoms with E-state index >= 15 is 0 Å². The largest absolute Gasteiger partial charge is 0.544 e. The van der Waals surface area contributed by atoms with E-state index in [9.17, 15) is 19.5 Å². The molecule has 0 bridgehead atoms. The Bertz CT molecular complexity index is 1230. The van der Waals surface area contributed by atoms with Gasteiger partial charge in [-0.15, -0.1) is 0 Å². The number of unbranched alkanes of at least 4 members (excludes halogenated alkanes) is 23. The molecule has 0 aromatic carbocycles. The monoisotopic (exact) mass is 898 g/mol. The van der Waals surface area contributed by atoms with Gasteiger partial charge >= 0.3 is 11.9 Å². The highest BCUT2D eigenvalue weighted by atomic mass is 16.6. The van der Waals surface area contributed by atoms with Crippen LogP contribution >= 0.6 is 0 Å². The summed E-state index contributed by atoms with van der Waals surface area (Å²) in [6.07, 6.45) is 58.2.